The van der Waals surface area contributed by atoms with E-state index in [1.165, 1.54) is 17.4 Å². The maximum atomic E-state index is 11.8. The van der Waals surface area contributed by atoms with Crippen LogP contribution in [0, 0.1) is 13.8 Å². The maximum Gasteiger partial charge on any atom is 0.275 e. The summed E-state index contributed by atoms with van der Waals surface area (Å²) in [6.07, 6.45) is 0. The van der Waals surface area contributed by atoms with Gasteiger partial charge in [0.05, 0.1) is 5.01 Å². The number of aromatic hydroxyl groups is 1. The highest BCUT2D eigenvalue weighted by Gasteiger charge is 2.10. The summed E-state index contributed by atoms with van der Waals surface area (Å²) in [5.41, 5.74) is 1.91. The minimum Gasteiger partial charge on any atom is -0.508 e. The monoisotopic (exact) mass is 248 g/mol. The van der Waals surface area contributed by atoms with Crippen LogP contribution >= 0.6 is 11.3 Å². The van der Waals surface area contributed by atoms with Crippen LogP contribution in [0.1, 0.15) is 21.1 Å². The lowest BCUT2D eigenvalue weighted by molar-refractivity contribution is 0.102. The van der Waals surface area contributed by atoms with Gasteiger partial charge in [-0.15, -0.1) is 11.3 Å². The number of rotatable bonds is 2. The first-order valence-corrected chi connectivity index (χ1v) is 5.97. The summed E-state index contributed by atoms with van der Waals surface area (Å²) < 4.78 is 0. The molecular weight excluding hydrogens is 236 g/mol. The Kier molecular flexibility index (Phi) is 3.10. The number of hydrogen-bond donors (Lipinski definition) is 2. The quantitative estimate of drug-likeness (QED) is 0.803. The van der Waals surface area contributed by atoms with Gasteiger partial charge in [0, 0.05) is 11.1 Å². The van der Waals surface area contributed by atoms with Gasteiger partial charge in [0.15, 0.2) is 0 Å². The minimum atomic E-state index is -0.233. The molecule has 1 aromatic heterocycles. The fourth-order valence-electron chi connectivity index (χ4n) is 1.44. The highest BCUT2D eigenvalue weighted by molar-refractivity contribution is 7.09. The second kappa shape index (κ2) is 4.55. The number of carbonyl (C=O) groups excluding carboxylic acids is 1. The number of carbonyl (C=O) groups is 1. The van der Waals surface area contributed by atoms with Crippen molar-refractivity contribution in [2.24, 2.45) is 0 Å². The van der Waals surface area contributed by atoms with E-state index in [1.807, 2.05) is 13.8 Å². The Morgan fingerprint density at radius 3 is 2.76 bits per heavy atom. The predicted molar refractivity (Wildman–Crippen MR) is 67.6 cm³/mol. The SMILES string of the molecule is Cc1nc(C(=O)Nc2ccc(O)cc2C)cs1. The lowest BCUT2D eigenvalue weighted by Gasteiger charge is -2.07. The number of anilines is 1. The van der Waals surface area contributed by atoms with Gasteiger partial charge in [0.25, 0.3) is 5.91 Å². The third-order valence-electron chi connectivity index (χ3n) is 2.31. The summed E-state index contributed by atoms with van der Waals surface area (Å²) in [5.74, 6) is -0.0480. The first kappa shape index (κ1) is 11.6. The minimum absolute atomic E-state index is 0.185. The zero-order valence-electron chi connectivity index (χ0n) is 9.52. The van der Waals surface area contributed by atoms with E-state index in [4.69, 9.17) is 0 Å². The van der Waals surface area contributed by atoms with Crippen molar-refractivity contribution in [2.45, 2.75) is 13.8 Å². The van der Waals surface area contributed by atoms with Crippen LogP contribution in [0.3, 0.4) is 0 Å². The normalized spacial score (nSPS) is 10.2. The van der Waals surface area contributed by atoms with Crippen LogP contribution in [0.2, 0.25) is 0 Å². The number of aromatic nitrogens is 1. The van der Waals surface area contributed by atoms with E-state index in [0.717, 1.165) is 10.6 Å². The van der Waals surface area contributed by atoms with Crippen molar-refractivity contribution in [2.75, 3.05) is 5.32 Å². The van der Waals surface area contributed by atoms with E-state index in [9.17, 15) is 9.90 Å². The van der Waals surface area contributed by atoms with Crippen molar-refractivity contribution >= 4 is 22.9 Å². The predicted octanol–water partition coefficient (Wildman–Crippen LogP) is 2.72. The second-order valence-corrected chi connectivity index (χ2v) is 4.77. The Bertz CT molecular complexity index is 563. The average molecular weight is 248 g/mol. The van der Waals surface area contributed by atoms with Crippen LogP contribution in [-0.2, 0) is 0 Å². The van der Waals surface area contributed by atoms with Gasteiger partial charge >= 0.3 is 0 Å². The molecule has 0 aliphatic carbocycles. The highest BCUT2D eigenvalue weighted by Crippen LogP contribution is 2.21. The number of thiazole rings is 1. The van der Waals surface area contributed by atoms with Crippen LogP contribution in [-0.4, -0.2) is 16.0 Å². The van der Waals surface area contributed by atoms with Gasteiger partial charge in [0.1, 0.15) is 11.4 Å². The highest BCUT2D eigenvalue weighted by atomic mass is 32.1. The van der Waals surface area contributed by atoms with Crippen LogP contribution in [0.25, 0.3) is 0 Å². The molecule has 0 aliphatic rings. The Labute approximate surface area is 103 Å². The summed E-state index contributed by atoms with van der Waals surface area (Å²) in [5, 5.41) is 14.6. The number of benzene rings is 1. The van der Waals surface area contributed by atoms with E-state index in [0.29, 0.717) is 11.4 Å². The van der Waals surface area contributed by atoms with Crippen molar-refractivity contribution < 1.29 is 9.90 Å². The van der Waals surface area contributed by atoms with Gasteiger partial charge in [-0.2, -0.15) is 0 Å². The lowest BCUT2D eigenvalue weighted by Crippen LogP contribution is -2.13. The van der Waals surface area contributed by atoms with Crippen LogP contribution in [0.15, 0.2) is 23.6 Å². The van der Waals surface area contributed by atoms with E-state index >= 15 is 0 Å². The Balaban J connectivity index is 2.18. The first-order chi connectivity index (χ1) is 8.06. The molecule has 1 heterocycles. The smallest absolute Gasteiger partial charge is 0.275 e. The fourth-order valence-corrected chi connectivity index (χ4v) is 2.04. The molecule has 0 saturated carbocycles. The zero-order valence-corrected chi connectivity index (χ0v) is 10.3. The number of aryl methyl sites for hydroxylation is 2. The fraction of sp³-hybridized carbons (Fsp3) is 0.167. The van der Waals surface area contributed by atoms with Gasteiger partial charge in [-0.1, -0.05) is 0 Å². The molecule has 0 bridgehead atoms. The summed E-state index contributed by atoms with van der Waals surface area (Å²) in [6, 6.07) is 4.80. The molecule has 1 aromatic carbocycles. The van der Waals surface area contributed by atoms with Crippen molar-refractivity contribution in [3.63, 3.8) is 0 Å². The molecule has 2 rings (SSSR count). The molecule has 2 aromatic rings. The molecule has 0 fully saturated rings. The Morgan fingerprint density at radius 1 is 1.41 bits per heavy atom. The zero-order chi connectivity index (χ0) is 12.4. The van der Waals surface area contributed by atoms with Crippen LogP contribution in [0.5, 0.6) is 5.75 Å². The number of nitrogens with zero attached hydrogens (tertiary/aromatic N) is 1. The van der Waals surface area contributed by atoms with Crippen molar-refractivity contribution in [1.29, 1.82) is 0 Å². The molecule has 2 N–H and O–H groups in total. The van der Waals surface area contributed by atoms with Gasteiger partial charge in [-0.3, -0.25) is 4.79 Å². The molecule has 5 heteroatoms. The van der Waals surface area contributed by atoms with Gasteiger partial charge in [0.2, 0.25) is 0 Å². The van der Waals surface area contributed by atoms with Crippen molar-refractivity contribution in [3.05, 3.63) is 39.8 Å². The van der Waals surface area contributed by atoms with Crippen molar-refractivity contribution in [3.8, 4) is 5.75 Å². The topological polar surface area (TPSA) is 62.2 Å². The summed E-state index contributed by atoms with van der Waals surface area (Å²) in [4.78, 5) is 15.9. The lowest BCUT2D eigenvalue weighted by atomic mass is 10.2. The molecule has 0 radical (unpaired) electrons. The van der Waals surface area contributed by atoms with Crippen molar-refractivity contribution in [1.82, 2.24) is 4.98 Å². The molecule has 0 aliphatic heterocycles. The standard InChI is InChI=1S/C12H12N2O2S/c1-7-5-9(15)3-4-10(7)14-12(16)11-6-17-8(2)13-11/h3-6,15H,1-2H3,(H,14,16). The number of phenolic OH excluding ortho intramolecular Hbond substituents is 1. The maximum absolute atomic E-state index is 11.8. The van der Waals surface area contributed by atoms with Gasteiger partial charge in [-0.25, -0.2) is 4.98 Å². The summed E-state index contributed by atoms with van der Waals surface area (Å²) in [6.45, 7) is 3.68. The molecule has 88 valence electrons. The van der Waals surface area contributed by atoms with Crippen LogP contribution in [0.4, 0.5) is 5.69 Å². The molecule has 0 saturated heterocycles. The number of hydrogen-bond acceptors (Lipinski definition) is 4. The second-order valence-electron chi connectivity index (χ2n) is 3.71. The van der Waals surface area contributed by atoms with E-state index in [-0.39, 0.29) is 11.7 Å². The summed E-state index contributed by atoms with van der Waals surface area (Å²) in [7, 11) is 0. The van der Waals surface area contributed by atoms with Gasteiger partial charge < -0.3 is 10.4 Å². The van der Waals surface area contributed by atoms with Gasteiger partial charge in [-0.05, 0) is 37.6 Å². The molecule has 4 nitrogen and oxygen atoms in total. The molecular formula is C12H12N2O2S. The average Bonchev–Trinajstić information content (AvgIpc) is 2.69. The molecule has 0 unspecified atom stereocenters. The third kappa shape index (κ3) is 2.62. The van der Waals surface area contributed by atoms with E-state index in [1.54, 1.807) is 17.5 Å². The van der Waals surface area contributed by atoms with E-state index < -0.39 is 0 Å². The van der Waals surface area contributed by atoms with E-state index in [2.05, 4.69) is 10.3 Å². The number of phenols is 1. The number of amides is 1. The third-order valence-corrected chi connectivity index (χ3v) is 3.08. The number of nitrogens with one attached hydrogen (secondary N) is 1. The molecule has 0 atom stereocenters. The molecule has 1 amide bonds. The Hall–Kier alpha value is -1.88. The van der Waals surface area contributed by atoms with Crippen LogP contribution < -0.4 is 5.32 Å². The molecule has 0 spiro atoms. The summed E-state index contributed by atoms with van der Waals surface area (Å²) >= 11 is 1.44. The first-order valence-electron chi connectivity index (χ1n) is 5.09. The molecule has 17 heavy (non-hydrogen) atoms. The largest absolute Gasteiger partial charge is 0.508 e. The Morgan fingerprint density at radius 2 is 2.18 bits per heavy atom.